The van der Waals surface area contributed by atoms with Crippen molar-refractivity contribution in [2.24, 2.45) is 0 Å². The largest absolute Gasteiger partial charge is 0.506 e. The quantitative estimate of drug-likeness (QED) is 0.445. The maximum Gasteiger partial charge on any atom is 0.430 e. The standard InChI is InChI=1S/C11H8ClF6NO3/c12-4-8(21)19-6-2-1-5(3-7(6)20)9(22,10(13,14)15)11(16,17)18/h1-3,20,22H,4H2,(H,19,21). The van der Waals surface area contributed by atoms with Crippen LogP contribution in [-0.4, -0.2) is 34.4 Å². The lowest BCUT2D eigenvalue weighted by molar-refractivity contribution is -0.376. The summed E-state index contributed by atoms with van der Waals surface area (Å²) in [5.74, 6) is -2.48. The highest BCUT2D eigenvalue weighted by Gasteiger charge is 2.71. The molecule has 0 unspecified atom stereocenters. The summed E-state index contributed by atoms with van der Waals surface area (Å²) in [4.78, 5) is 11.0. The summed E-state index contributed by atoms with van der Waals surface area (Å²) in [7, 11) is 0. The Morgan fingerprint density at radius 1 is 1.14 bits per heavy atom. The number of carbonyl (C=O) groups is 1. The molecule has 22 heavy (non-hydrogen) atoms. The minimum Gasteiger partial charge on any atom is -0.506 e. The lowest BCUT2D eigenvalue weighted by Gasteiger charge is -2.32. The number of carbonyl (C=O) groups excluding carboxylic acids is 1. The number of anilines is 1. The number of phenols is 1. The highest BCUT2D eigenvalue weighted by molar-refractivity contribution is 6.29. The van der Waals surface area contributed by atoms with E-state index in [0.29, 0.717) is 6.07 Å². The van der Waals surface area contributed by atoms with Crippen molar-refractivity contribution >= 4 is 23.2 Å². The van der Waals surface area contributed by atoms with Gasteiger partial charge in [0.25, 0.3) is 5.60 Å². The summed E-state index contributed by atoms with van der Waals surface area (Å²) in [6.07, 6.45) is -12.1. The van der Waals surface area contributed by atoms with Crippen LogP contribution in [0.4, 0.5) is 32.0 Å². The van der Waals surface area contributed by atoms with Crippen LogP contribution >= 0.6 is 11.6 Å². The molecule has 0 saturated carbocycles. The van der Waals surface area contributed by atoms with Gasteiger partial charge in [0, 0.05) is 5.56 Å². The molecule has 0 fully saturated rings. The number of phenolic OH excluding ortho intramolecular Hbond substituents is 1. The van der Waals surface area contributed by atoms with Gasteiger partial charge in [0.2, 0.25) is 5.91 Å². The van der Waals surface area contributed by atoms with Crippen LogP contribution in [0.15, 0.2) is 18.2 Å². The first-order valence-electron chi connectivity index (χ1n) is 5.39. The summed E-state index contributed by atoms with van der Waals surface area (Å²) >= 11 is 5.15. The number of nitrogens with one attached hydrogen (secondary N) is 1. The molecule has 3 N–H and O–H groups in total. The fourth-order valence-electron chi connectivity index (χ4n) is 1.53. The summed E-state index contributed by atoms with van der Waals surface area (Å²) in [6, 6.07) is 0.924. The van der Waals surface area contributed by atoms with Crippen LogP contribution in [0, 0.1) is 0 Å². The van der Waals surface area contributed by atoms with Crippen LogP contribution in [0.2, 0.25) is 0 Å². The van der Waals surface area contributed by atoms with Gasteiger partial charge in [-0.1, -0.05) is 6.07 Å². The third-order valence-corrected chi connectivity index (χ3v) is 2.87. The molecule has 124 valence electrons. The van der Waals surface area contributed by atoms with Crippen LogP contribution in [-0.2, 0) is 10.4 Å². The van der Waals surface area contributed by atoms with Gasteiger partial charge in [-0.3, -0.25) is 4.79 Å². The molecule has 11 heteroatoms. The van der Waals surface area contributed by atoms with E-state index in [1.165, 1.54) is 0 Å². The van der Waals surface area contributed by atoms with Crippen molar-refractivity contribution in [3.63, 3.8) is 0 Å². The second kappa shape index (κ2) is 5.84. The molecule has 0 bridgehead atoms. The molecule has 0 atom stereocenters. The minimum atomic E-state index is -6.07. The SMILES string of the molecule is O=C(CCl)Nc1ccc(C(O)(C(F)(F)F)C(F)(F)F)cc1O. The zero-order valence-electron chi connectivity index (χ0n) is 10.4. The number of aromatic hydroxyl groups is 1. The molecule has 0 aliphatic carbocycles. The van der Waals surface area contributed by atoms with E-state index in [-0.39, 0.29) is 12.1 Å². The Kier molecular flexibility index (Phi) is 4.88. The van der Waals surface area contributed by atoms with Crippen molar-refractivity contribution in [3.8, 4) is 5.75 Å². The molecule has 1 rings (SSSR count). The Labute approximate surface area is 124 Å². The van der Waals surface area contributed by atoms with Gasteiger partial charge in [-0.15, -0.1) is 11.6 Å². The fraction of sp³-hybridized carbons (Fsp3) is 0.364. The summed E-state index contributed by atoms with van der Waals surface area (Å²) in [5.41, 5.74) is -7.26. The van der Waals surface area contributed by atoms with E-state index in [9.17, 15) is 36.2 Å². The Hall–Kier alpha value is -1.68. The average molecular weight is 352 g/mol. The molecule has 0 spiro atoms. The Morgan fingerprint density at radius 3 is 2.00 bits per heavy atom. The van der Waals surface area contributed by atoms with Gasteiger partial charge in [0.1, 0.15) is 11.6 Å². The first-order chi connectivity index (χ1) is 9.84. The predicted octanol–water partition coefficient (Wildman–Crippen LogP) is 2.88. The predicted molar refractivity (Wildman–Crippen MR) is 63.5 cm³/mol. The highest BCUT2D eigenvalue weighted by atomic mass is 35.5. The molecule has 1 amide bonds. The van der Waals surface area contributed by atoms with Crippen molar-refractivity contribution in [2.45, 2.75) is 18.0 Å². The fourth-order valence-corrected chi connectivity index (χ4v) is 1.60. The number of hydrogen-bond donors (Lipinski definition) is 3. The van der Waals surface area contributed by atoms with E-state index in [1.807, 2.05) is 5.32 Å². The topological polar surface area (TPSA) is 69.6 Å². The number of amides is 1. The van der Waals surface area contributed by atoms with Gasteiger partial charge in [-0.05, 0) is 12.1 Å². The summed E-state index contributed by atoms with van der Waals surface area (Å²) in [5, 5.41) is 20.5. The maximum absolute atomic E-state index is 12.6. The first kappa shape index (κ1) is 18.4. The maximum atomic E-state index is 12.6. The van der Waals surface area contributed by atoms with E-state index in [1.54, 1.807) is 0 Å². The Bertz CT molecular complexity index is 558. The van der Waals surface area contributed by atoms with Crippen LogP contribution in [0.25, 0.3) is 0 Å². The van der Waals surface area contributed by atoms with E-state index < -0.39 is 46.7 Å². The zero-order valence-corrected chi connectivity index (χ0v) is 11.1. The van der Waals surface area contributed by atoms with Crippen LogP contribution in [0.3, 0.4) is 0 Å². The third kappa shape index (κ3) is 3.22. The van der Waals surface area contributed by atoms with Gasteiger partial charge in [-0.25, -0.2) is 0 Å². The third-order valence-electron chi connectivity index (χ3n) is 2.63. The molecule has 4 nitrogen and oxygen atoms in total. The zero-order chi connectivity index (χ0) is 17.3. The van der Waals surface area contributed by atoms with E-state index in [2.05, 4.69) is 0 Å². The van der Waals surface area contributed by atoms with Gasteiger partial charge in [-0.2, -0.15) is 26.3 Å². The van der Waals surface area contributed by atoms with E-state index >= 15 is 0 Å². The minimum absolute atomic E-state index is 0.0603. The molecule has 0 radical (unpaired) electrons. The Morgan fingerprint density at radius 2 is 1.64 bits per heavy atom. The van der Waals surface area contributed by atoms with Crippen molar-refractivity contribution < 1.29 is 41.4 Å². The molecule has 0 aliphatic rings. The molecule has 1 aromatic rings. The first-order valence-corrected chi connectivity index (χ1v) is 5.93. The molecular formula is C11H8ClF6NO3. The van der Waals surface area contributed by atoms with E-state index in [4.69, 9.17) is 16.7 Å². The van der Waals surface area contributed by atoms with E-state index in [0.717, 1.165) is 0 Å². The lowest BCUT2D eigenvalue weighted by atomic mass is 9.92. The molecule has 0 saturated heterocycles. The number of aliphatic hydroxyl groups is 1. The number of alkyl halides is 7. The second-order valence-corrected chi connectivity index (χ2v) is 4.39. The van der Waals surface area contributed by atoms with Gasteiger partial charge < -0.3 is 15.5 Å². The molecule has 0 aromatic heterocycles. The normalized spacial score (nSPS) is 13.1. The van der Waals surface area contributed by atoms with Crippen LogP contribution < -0.4 is 5.32 Å². The van der Waals surface area contributed by atoms with Crippen LogP contribution in [0.1, 0.15) is 5.56 Å². The number of rotatable bonds is 3. The van der Waals surface area contributed by atoms with Gasteiger partial charge >= 0.3 is 12.4 Å². The number of benzene rings is 1. The Balaban J connectivity index is 3.36. The molecule has 0 aliphatic heterocycles. The van der Waals surface area contributed by atoms with Gasteiger partial charge in [0.15, 0.2) is 0 Å². The highest BCUT2D eigenvalue weighted by Crippen LogP contribution is 2.50. The second-order valence-electron chi connectivity index (χ2n) is 4.12. The smallest absolute Gasteiger partial charge is 0.430 e. The summed E-state index contributed by atoms with van der Waals surface area (Å²) < 4.78 is 75.9. The number of halogens is 7. The van der Waals surface area contributed by atoms with Crippen molar-refractivity contribution in [1.29, 1.82) is 0 Å². The average Bonchev–Trinajstić information content (AvgIpc) is 2.37. The lowest BCUT2D eigenvalue weighted by Crippen LogP contribution is -2.53. The number of hydrogen-bond acceptors (Lipinski definition) is 3. The summed E-state index contributed by atoms with van der Waals surface area (Å²) in [6.45, 7) is 0. The van der Waals surface area contributed by atoms with Crippen molar-refractivity contribution in [3.05, 3.63) is 23.8 Å². The molecular weight excluding hydrogens is 344 g/mol. The van der Waals surface area contributed by atoms with Crippen molar-refractivity contribution in [1.82, 2.24) is 0 Å². The van der Waals surface area contributed by atoms with Crippen LogP contribution in [0.5, 0.6) is 5.75 Å². The van der Waals surface area contributed by atoms with Crippen molar-refractivity contribution in [2.75, 3.05) is 11.2 Å². The van der Waals surface area contributed by atoms with Gasteiger partial charge in [0.05, 0.1) is 5.69 Å². The molecule has 0 heterocycles. The monoisotopic (exact) mass is 351 g/mol. The molecule has 1 aromatic carbocycles.